The van der Waals surface area contributed by atoms with E-state index in [4.69, 9.17) is 0 Å². The lowest BCUT2D eigenvalue weighted by Gasteiger charge is -2.37. The summed E-state index contributed by atoms with van der Waals surface area (Å²) in [6, 6.07) is 3.75. The van der Waals surface area contributed by atoms with Crippen molar-refractivity contribution < 1.29 is 13.2 Å². The third-order valence-corrected chi connectivity index (χ3v) is 7.75. The highest BCUT2D eigenvalue weighted by Crippen LogP contribution is 2.31. The fourth-order valence-corrected chi connectivity index (χ4v) is 5.61. The van der Waals surface area contributed by atoms with Crippen LogP contribution in [-0.4, -0.2) is 74.7 Å². The standard InChI is InChI=1S/C21H35N3O3S/c1-15-13-18(21(4,5)6)14-16(2)19(15)28(26,27)24-11-9-23(10-12-24)17(3)20(25)22(7)8/h13-14,17H,9-12H2,1-8H3. The summed E-state index contributed by atoms with van der Waals surface area (Å²) in [7, 11) is -0.0752. The largest absolute Gasteiger partial charge is 0.347 e. The van der Waals surface area contributed by atoms with Crippen LogP contribution >= 0.6 is 0 Å². The van der Waals surface area contributed by atoms with Crippen molar-refractivity contribution in [3.63, 3.8) is 0 Å². The molecule has 158 valence electrons. The SMILES string of the molecule is Cc1cc(C(C)(C)C)cc(C)c1S(=O)(=O)N1CCN(C(C)C(=O)N(C)C)CC1. The molecule has 1 aliphatic rings. The molecule has 7 heteroatoms. The molecule has 1 aromatic rings. The molecule has 0 spiro atoms. The fourth-order valence-electron chi connectivity index (χ4n) is 3.78. The van der Waals surface area contributed by atoms with Crippen molar-refractivity contribution in [1.29, 1.82) is 0 Å². The summed E-state index contributed by atoms with van der Waals surface area (Å²) in [4.78, 5) is 16.3. The molecule has 1 atom stereocenters. The van der Waals surface area contributed by atoms with Gasteiger partial charge in [0.05, 0.1) is 10.9 Å². The lowest BCUT2D eigenvalue weighted by Crippen LogP contribution is -2.54. The normalized spacial score (nSPS) is 18.1. The molecule has 1 unspecified atom stereocenters. The summed E-state index contributed by atoms with van der Waals surface area (Å²) in [6.07, 6.45) is 0. The lowest BCUT2D eigenvalue weighted by molar-refractivity contribution is -0.134. The van der Waals surface area contributed by atoms with Gasteiger partial charge in [-0.15, -0.1) is 0 Å². The Hall–Kier alpha value is -1.44. The number of rotatable bonds is 4. The lowest BCUT2D eigenvalue weighted by atomic mass is 9.85. The number of carbonyl (C=O) groups is 1. The van der Waals surface area contributed by atoms with Crippen LogP contribution in [0.3, 0.4) is 0 Å². The van der Waals surface area contributed by atoms with Crippen LogP contribution in [0.15, 0.2) is 17.0 Å². The second-order valence-electron chi connectivity index (χ2n) is 9.04. The topological polar surface area (TPSA) is 60.9 Å². The molecule has 1 heterocycles. The minimum atomic E-state index is -3.56. The van der Waals surface area contributed by atoms with Gasteiger partial charge in [-0.3, -0.25) is 9.69 Å². The number of hydrogen-bond donors (Lipinski definition) is 0. The van der Waals surface area contributed by atoms with Gasteiger partial charge in [0.15, 0.2) is 0 Å². The maximum absolute atomic E-state index is 13.3. The van der Waals surface area contributed by atoms with Crippen LogP contribution in [0.5, 0.6) is 0 Å². The molecule has 1 aromatic carbocycles. The molecule has 1 saturated heterocycles. The third kappa shape index (κ3) is 4.58. The quantitative estimate of drug-likeness (QED) is 0.766. The predicted molar refractivity (Wildman–Crippen MR) is 113 cm³/mol. The maximum atomic E-state index is 13.3. The van der Waals surface area contributed by atoms with Crippen molar-refractivity contribution in [3.05, 3.63) is 28.8 Å². The Morgan fingerprint density at radius 2 is 1.50 bits per heavy atom. The van der Waals surface area contributed by atoms with Gasteiger partial charge < -0.3 is 4.90 Å². The zero-order chi connectivity index (χ0) is 21.4. The first-order valence-electron chi connectivity index (χ1n) is 9.84. The van der Waals surface area contributed by atoms with Gasteiger partial charge in [-0.25, -0.2) is 8.42 Å². The minimum Gasteiger partial charge on any atom is -0.347 e. The van der Waals surface area contributed by atoms with Gasteiger partial charge in [-0.2, -0.15) is 4.31 Å². The van der Waals surface area contributed by atoms with E-state index in [-0.39, 0.29) is 17.4 Å². The van der Waals surface area contributed by atoms with E-state index < -0.39 is 10.0 Å². The van der Waals surface area contributed by atoms with E-state index in [9.17, 15) is 13.2 Å². The molecule has 0 N–H and O–H groups in total. The smallest absolute Gasteiger partial charge is 0.243 e. The molecule has 0 aliphatic carbocycles. The summed E-state index contributed by atoms with van der Waals surface area (Å²) in [5, 5.41) is 0. The molecule has 1 aliphatic heterocycles. The summed E-state index contributed by atoms with van der Waals surface area (Å²) in [5.41, 5.74) is 2.70. The van der Waals surface area contributed by atoms with Crippen LogP contribution in [-0.2, 0) is 20.2 Å². The third-order valence-electron chi connectivity index (χ3n) is 5.54. The second kappa shape index (κ2) is 8.13. The van der Waals surface area contributed by atoms with Crippen LogP contribution in [0, 0.1) is 13.8 Å². The molecule has 1 fully saturated rings. The number of carbonyl (C=O) groups excluding carboxylic acids is 1. The Labute approximate surface area is 170 Å². The Balaban J connectivity index is 2.23. The van der Waals surface area contributed by atoms with Crippen LogP contribution in [0.1, 0.15) is 44.4 Å². The van der Waals surface area contributed by atoms with E-state index in [2.05, 4.69) is 25.7 Å². The number of aryl methyl sites for hydroxylation is 2. The van der Waals surface area contributed by atoms with Crippen molar-refractivity contribution in [2.24, 2.45) is 0 Å². The van der Waals surface area contributed by atoms with Crippen molar-refractivity contribution in [2.75, 3.05) is 40.3 Å². The Morgan fingerprint density at radius 3 is 1.89 bits per heavy atom. The second-order valence-corrected chi connectivity index (χ2v) is 10.9. The summed E-state index contributed by atoms with van der Waals surface area (Å²) in [5.74, 6) is 0.0424. The van der Waals surface area contributed by atoms with E-state index in [1.54, 1.807) is 23.3 Å². The van der Waals surface area contributed by atoms with Crippen LogP contribution in [0.4, 0.5) is 0 Å². The number of nitrogens with zero attached hydrogens (tertiary/aromatic N) is 3. The Morgan fingerprint density at radius 1 is 1.04 bits per heavy atom. The molecule has 2 rings (SSSR count). The monoisotopic (exact) mass is 409 g/mol. The number of likely N-dealkylation sites (N-methyl/N-ethyl adjacent to an activating group) is 1. The molecular weight excluding hydrogens is 374 g/mol. The highest BCUT2D eigenvalue weighted by molar-refractivity contribution is 7.89. The first-order chi connectivity index (χ1) is 12.8. The van der Waals surface area contributed by atoms with Gasteiger partial charge in [0.1, 0.15) is 0 Å². The summed E-state index contributed by atoms with van der Waals surface area (Å²) >= 11 is 0. The first kappa shape index (κ1) is 22.8. The number of benzene rings is 1. The van der Waals surface area contributed by atoms with Gasteiger partial charge in [0.25, 0.3) is 0 Å². The molecule has 0 radical (unpaired) electrons. The Bertz CT molecular complexity index is 810. The van der Waals surface area contributed by atoms with Gasteiger partial charge in [0.2, 0.25) is 15.9 Å². The van der Waals surface area contributed by atoms with Gasteiger partial charge in [-0.05, 0) is 42.9 Å². The highest BCUT2D eigenvalue weighted by atomic mass is 32.2. The van der Waals surface area contributed by atoms with Gasteiger partial charge >= 0.3 is 0 Å². The van der Waals surface area contributed by atoms with E-state index in [0.29, 0.717) is 31.1 Å². The van der Waals surface area contributed by atoms with E-state index in [0.717, 1.165) is 16.7 Å². The molecule has 6 nitrogen and oxygen atoms in total. The number of piperazine rings is 1. The predicted octanol–water partition coefficient (Wildman–Crippen LogP) is 2.38. The highest BCUT2D eigenvalue weighted by Gasteiger charge is 2.34. The van der Waals surface area contributed by atoms with Crippen LogP contribution < -0.4 is 0 Å². The zero-order valence-electron chi connectivity index (χ0n) is 18.5. The number of sulfonamides is 1. The number of amides is 1. The van der Waals surface area contributed by atoms with Gasteiger partial charge in [0, 0.05) is 40.3 Å². The molecule has 0 saturated carbocycles. The fraction of sp³-hybridized carbons (Fsp3) is 0.667. The van der Waals surface area contributed by atoms with Crippen molar-refractivity contribution in [3.8, 4) is 0 Å². The summed E-state index contributed by atoms with van der Waals surface area (Å²) in [6.45, 7) is 13.9. The molecule has 28 heavy (non-hydrogen) atoms. The van der Waals surface area contributed by atoms with E-state index in [1.807, 2.05) is 32.9 Å². The average molecular weight is 410 g/mol. The van der Waals surface area contributed by atoms with Crippen LogP contribution in [0.2, 0.25) is 0 Å². The first-order valence-corrected chi connectivity index (χ1v) is 11.3. The summed E-state index contributed by atoms with van der Waals surface area (Å²) < 4.78 is 28.2. The Kier molecular flexibility index (Phi) is 6.63. The maximum Gasteiger partial charge on any atom is 0.243 e. The van der Waals surface area contributed by atoms with E-state index in [1.165, 1.54) is 0 Å². The van der Waals surface area contributed by atoms with Crippen molar-refractivity contribution in [1.82, 2.24) is 14.1 Å². The van der Waals surface area contributed by atoms with Crippen LogP contribution in [0.25, 0.3) is 0 Å². The van der Waals surface area contributed by atoms with Gasteiger partial charge in [-0.1, -0.05) is 32.9 Å². The molecule has 0 bridgehead atoms. The average Bonchev–Trinajstić information content (AvgIpc) is 2.58. The zero-order valence-corrected chi connectivity index (χ0v) is 19.4. The molecule has 1 amide bonds. The number of hydrogen-bond acceptors (Lipinski definition) is 4. The van der Waals surface area contributed by atoms with Crippen molar-refractivity contribution >= 4 is 15.9 Å². The minimum absolute atomic E-state index is 0.0292. The molecular formula is C21H35N3O3S. The van der Waals surface area contributed by atoms with E-state index >= 15 is 0 Å². The van der Waals surface area contributed by atoms with Crippen molar-refractivity contribution in [2.45, 2.75) is 57.9 Å². The molecule has 0 aromatic heterocycles.